The van der Waals surface area contributed by atoms with Crippen molar-refractivity contribution in [1.29, 1.82) is 0 Å². The molecule has 1 heterocycles. The van der Waals surface area contributed by atoms with E-state index in [4.69, 9.17) is 5.73 Å². The third-order valence-electron chi connectivity index (χ3n) is 3.59. The summed E-state index contributed by atoms with van der Waals surface area (Å²) in [5.74, 6) is -4.32. The zero-order valence-corrected chi connectivity index (χ0v) is 12.7. The van der Waals surface area contributed by atoms with Gasteiger partial charge in [-0.2, -0.15) is 8.78 Å². The van der Waals surface area contributed by atoms with Crippen LogP contribution in [-0.4, -0.2) is 44.1 Å². The fraction of sp³-hybridized carbons (Fsp3) is 0.500. The van der Waals surface area contributed by atoms with E-state index in [0.29, 0.717) is 18.7 Å². The van der Waals surface area contributed by atoms with Crippen LogP contribution in [0, 0.1) is 0 Å². The zero-order chi connectivity index (χ0) is 16.3. The summed E-state index contributed by atoms with van der Waals surface area (Å²) >= 11 is 0. The summed E-state index contributed by atoms with van der Waals surface area (Å²) in [6, 6.07) is 5.65. The Morgan fingerprint density at radius 1 is 1.32 bits per heavy atom. The first-order valence-corrected chi connectivity index (χ1v) is 8.64. The Labute approximate surface area is 128 Å². The molecule has 0 radical (unpaired) electrons. The maximum absolute atomic E-state index is 12.3. The Bertz CT molecular complexity index is 632. The molecular weight excluding hydrogens is 314 g/mol. The average molecular weight is 332 g/mol. The Hall–Kier alpha value is -1.54. The standard InChI is InChI=1S/C14H18F2N2O3S/c15-14(16)22(20,21)9-10-3-5-11(6-4-10)13(19)18-7-1-2-12(17)8-18/h3-6,12,14H,1-2,7-9,17H2. The highest BCUT2D eigenvalue weighted by molar-refractivity contribution is 7.90. The van der Waals surface area contributed by atoms with Crippen LogP contribution in [0.2, 0.25) is 0 Å². The smallest absolute Gasteiger partial charge is 0.337 e. The van der Waals surface area contributed by atoms with E-state index in [0.717, 1.165) is 12.8 Å². The molecule has 5 nitrogen and oxygen atoms in total. The molecule has 1 aromatic rings. The number of hydrogen-bond donors (Lipinski definition) is 1. The lowest BCUT2D eigenvalue weighted by atomic mass is 10.0. The SMILES string of the molecule is NC1CCCN(C(=O)c2ccc(CS(=O)(=O)C(F)F)cc2)C1. The van der Waals surface area contributed by atoms with Gasteiger partial charge in [-0.25, -0.2) is 8.42 Å². The van der Waals surface area contributed by atoms with E-state index in [1.807, 2.05) is 0 Å². The minimum Gasteiger partial charge on any atom is -0.337 e. The monoisotopic (exact) mass is 332 g/mol. The molecule has 2 N–H and O–H groups in total. The number of nitrogens with zero attached hydrogens (tertiary/aromatic N) is 1. The number of amides is 1. The van der Waals surface area contributed by atoms with Crippen molar-refractivity contribution >= 4 is 15.7 Å². The maximum Gasteiger partial charge on any atom is 0.337 e. The lowest BCUT2D eigenvalue weighted by Crippen LogP contribution is -2.45. The number of hydrogen-bond acceptors (Lipinski definition) is 4. The van der Waals surface area contributed by atoms with Gasteiger partial charge < -0.3 is 10.6 Å². The van der Waals surface area contributed by atoms with Gasteiger partial charge in [0.15, 0.2) is 0 Å². The first-order valence-electron chi connectivity index (χ1n) is 6.93. The Morgan fingerprint density at radius 3 is 2.50 bits per heavy atom. The summed E-state index contributed by atoms with van der Waals surface area (Å²) in [5, 5.41) is 0. The van der Waals surface area contributed by atoms with Crippen molar-refractivity contribution in [2.24, 2.45) is 5.73 Å². The van der Waals surface area contributed by atoms with Gasteiger partial charge in [0, 0.05) is 24.7 Å². The second-order valence-corrected chi connectivity index (χ2v) is 7.39. The van der Waals surface area contributed by atoms with Crippen molar-refractivity contribution in [1.82, 2.24) is 4.90 Å². The van der Waals surface area contributed by atoms with Crippen molar-refractivity contribution in [3.8, 4) is 0 Å². The van der Waals surface area contributed by atoms with Crippen LogP contribution < -0.4 is 5.73 Å². The second kappa shape index (κ2) is 6.70. The second-order valence-electron chi connectivity index (χ2n) is 5.42. The highest BCUT2D eigenvalue weighted by atomic mass is 32.2. The van der Waals surface area contributed by atoms with Crippen LogP contribution in [0.5, 0.6) is 0 Å². The normalized spacial score (nSPS) is 19.5. The van der Waals surface area contributed by atoms with Gasteiger partial charge in [-0.15, -0.1) is 0 Å². The Morgan fingerprint density at radius 2 is 1.95 bits per heavy atom. The summed E-state index contributed by atoms with van der Waals surface area (Å²) in [5.41, 5.74) is 6.46. The van der Waals surface area contributed by atoms with Crippen LogP contribution in [0.1, 0.15) is 28.8 Å². The molecule has 22 heavy (non-hydrogen) atoms. The molecule has 0 saturated carbocycles. The van der Waals surface area contributed by atoms with Gasteiger partial charge in [0.05, 0.1) is 5.75 Å². The van der Waals surface area contributed by atoms with Crippen LogP contribution >= 0.6 is 0 Å². The fourth-order valence-electron chi connectivity index (χ4n) is 2.42. The van der Waals surface area contributed by atoms with Crippen LogP contribution in [-0.2, 0) is 15.6 Å². The number of rotatable bonds is 4. The number of piperidine rings is 1. The van der Waals surface area contributed by atoms with Crippen molar-refractivity contribution in [2.45, 2.75) is 30.4 Å². The summed E-state index contributed by atoms with van der Waals surface area (Å²) < 4.78 is 47.0. The van der Waals surface area contributed by atoms with Gasteiger partial charge in [0.2, 0.25) is 9.84 Å². The number of benzene rings is 1. The lowest BCUT2D eigenvalue weighted by molar-refractivity contribution is 0.0709. The van der Waals surface area contributed by atoms with E-state index in [2.05, 4.69) is 0 Å². The molecule has 0 spiro atoms. The summed E-state index contributed by atoms with van der Waals surface area (Å²) in [4.78, 5) is 13.9. The summed E-state index contributed by atoms with van der Waals surface area (Å²) in [6.45, 7) is 1.12. The topological polar surface area (TPSA) is 80.5 Å². The first kappa shape index (κ1) is 16.8. The molecule has 1 fully saturated rings. The lowest BCUT2D eigenvalue weighted by Gasteiger charge is -2.30. The highest BCUT2D eigenvalue weighted by Gasteiger charge is 2.25. The average Bonchev–Trinajstić information content (AvgIpc) is 2.47. The van der Waals surface area contributed by atoms with Gasteiger partial charge in [0.1, 0.15) is 0 Å². The van der Waals surface area contributed by atoms with E-state index in [1.54, 1.807) is 4.90 Å². The first-order chi connectivity index (χ1) is 10.3. The molecular formula is C14H18F2N2O3S. The van der Waals surface area contributed by atoms with E-state index < -0.39 is 21.3 Å². The van der Waals surface area contributed by atoms with Gasteiger partial charge >= 0.3 is 5.76 Å². The number of likely N-dealkylation sites (tertiary alicyclic amines) is 1. The molecule has 1 aliphatic heterocycles. The molecule has 0 aliphatic carbocycles. The van der Waals surface area contributed by atoms with Crippen molar-refractivity contribution < 1.29 is 22.0 Å². The number of carbonyl (C=O) groups is 1. The van der Waals surface area contributed by atoms with Gasteiger partial charge in [-0.1, -0.05) is 12.1 Å². The van der Waals surface area contributed by atoms with E-state index >= 15 is 0 Å². The Balaban J connectivity index is 2.07. The van der Waals surface area contributed by atoms with Gasteiger partial charge in [0.25, 0.3) is 5.91 Å². The van der Waals surface area contributed by atoms with E-state index in [-0.39, 0.29) is 17.5 Å². The van der Waals surface area contributed by atoms with Gasteiger partial charge in [-0.3, -0.25) is 4.79 Å². The number of nitrogens with two attached hydrogens (primary N) is 1. The van der Waals surface area contributed by atoms with Crippen LogP contribution in [0.4, 0.5) is 8.78 Å². The maximum atomic E-state index is 12.3. The quantitative estimate of drug-likeness (QED) is 0.903. The molecule has 1 saturated heterocycles. The van der Waals surface area contributed by atoms with Crippen LogP contribution in [0.15, 0.2) is 24.3 Å². The molecule has 122 valence electrons. The van der Waals surface area contributed by atoms with E-state index in [9.17, 15) is 22.0 Å². The molecule has 0 aromatic heterocycles. The zero-order valence-electron chi connectivity index (χ0n) is 11.9. The molecule has 2 rings (SSSR count). The summed E-state index contributed by atoms with van der Waals surface area (Å²) in [7, 11) is -4.46. The van der Waals surface area contributed by atoms with Crippen LogP contribution in [0.25, 0.3) is 0 Å². The van der Waals surface area contributed by atoms with E-state index in [1.165, 1.54) is 24.3 Å². The minimum absolute atomic E-state index is 0.0341. The largest absolute Gasteiger partial charge is 0.337 e. The molecule has 0 bridgehead atoms. The highest BCUT2D eigenvalue weighted by Crippen LogP contribution is 2.16. The molecule has 1 aliphatic rings. The molecule has 1 unspecified atom stereocenters. The third kappa shape index (κ3) is 4.01. The summed E-state index contributed by atoms with van der Waals surface area (Å²) in [6.07, 6.45) is 1.73. The molecule has 1 amide bonds. The third-order valence-corrected chi connectivity index (χ3v) is 4.86. The fourth-order valence-corrected chi connectivity index (χ4v) is 3.20. The predicted molar refractivity (Wildman–Crippen MR) is 78.2 cm³/mol. The Kier molecular flexibility index (Phi) is 5.12. The predicted octanol–water partition coefficient (Wildman–Crippen LogP) is 1.39. The molecule has 1 aromatic carbocycles. The number of halogens is 2. The van der Waals surface area contributed by atoms with Crippen molar-refractivity contribution in [3.63, 3.8) is 0 Å². The minimum atomic E-state index is -4.46. The molecule has 1 atom stereocenters. The van der Waals surface area contributed by atoms with Crippen LogP contribution in [0.3, 0.4) is 0 Å². The van der Waals surface area contributed by atoms with Crippen molar-refractivity contribution in [2.75, 3.05) is 13.1 Å². The van der Waals surface area contributed by atoms with Gasteiger partial charge in [-0.05, 0) is 30.5 Å². The van der Waals surface area contributed by atoms with Crippen molar-refractivity contribution in [3.05, 3.63) is 35.4 Å². The number of sulfone groups is 1. The number of carbonyl (C=O) groups excluding carboxylic acids is 1. The molecule has 8 heteroatoms. The number of alkyl halides is 2.